The van der Waals surface area contributed by atoms with Gasteiger partial charge in [-0.15, -0.1) is 11.3 Å². The summed E-state index contributed by atoms with van der Waals surface area (Å²) in [5.41, 5.74) is 2.01. The molecule has 0 aliphatic carbocycles. The second-order valence-electron chi connectivity index (χ2n) is 5.69. The molecule has 0 spiro atoms. The molecule has 1 aliphatic rings. The number of rotatable bonds is 3. The number of nitrogens with one attached hydrogen (secondary N) is 1. The van der Waals surface area contributed by atoms with Crippen LogP contribution in [0.2, 0.25) is 0 Å². The van der Waals surface area contributed by atoms with Gasteiger partial charge in [0.15, 0.2) is 0 Å². The molecule has 0 unspecified atom stereocenters. The molecular formula is C15H20N4OS. The Balaban J connectivity index is 1.68. The summed E-state index contributed by atoms with van der Waals surface area (Å²) in [6, 6.07) is 2.01. The van der Waals surface area contributed by atoms with Crippen LogP contribution in [0, 0.1) is 19.8 Å². The number of hydrogen-bond donors (Lipinski definition) is 1. The molecule has 0 radical (unpaired) electrons. The first-order chi connectivity index (χ1) is 10.1. The number of piperidine rings is 1. The predicted octanol–water partition coefficient (Wildman–Crippen LogP) is 2.58. The van der Waals surface area contributed by atoms with Gasteiger partial charge in [0.1, 0.15) is 4.88 Å². The highest BCUT2D eigenvalue weighted by Crippen LogP contribution is 2.24. The van der Waals surface area contributed by atoms with E-state index >= 15 is 0 Å². The Morgan fingerprint density at radius 1 is 1.52 bits per heavy atom. The van der Waals surface area contributed by atoms with Crippen molar-refractivity contribution in [2.24, 2.45) is 5.92 Å². The van der Waals surface area contributed by atoms with E-state index in [1.165, 1.54) is 17.8 Å². The number of likely N-dealkylation sites (tertiary alicyclic amines) is 1. The van der Waals surface area contributed by atoms with Crippen molar-refractivity contribution in [1.82, 2.24) is 20.1 Å². The smallest absolute Gasteiger partial charge is 0.265 e. The molecule has 1 N–H and O–H groups in total. The summed E-state index contributed by atoms with van der Waals surface area (Å²) >= 11 is 1.50. The number of aromatic amines is 1. The highest BCUT2D eigenvalue weighted by atomic mass is 32.1. The van der Waals surface area contributed by atoms with Gasteiger partial charge >= 0.3 is 0 Å². The second-order valence-corrected chi connectivity index (χ2v) is 6.90. The van der Waals surface area contributed by atoms with Crippen molar-refractivity contribution >= 4 is 17.2 Å². The Hall–Kier alpha value is -1.69. The Morgan fingerprint density at radius 3 is 3.05 bits per heavy atom. The van der Waals surface area contributed by atoms with Crippen LogP contribution in [0.5, 0.6) is 0 Å². The van der Waals surface area contributed by atoms with E-state index in [1.807, 2.05) is 24.8 Å². The number of aryl methyl sites for hydroxylation is 2. The third kappa shape index (κ3) is 3.15. The van der Waals surface area contributed by atoms with E-state index in [0.29, 0.717) is 5.92 Å². The molecule has 1 saturated heterocycles. The number of thiazole rings is 1. The lowest BCUT2D eigenvalue weighted by Crippen LogP contribution is -2.40. The quantitative estimate of drug-likeness (QED) is 0.948. The van der Waals surface area contributed by atoms with E-state index < -0.39 is 0 Å². The van der Waals surface area contributed by atoms with Crippen LogP contribution in [0.1, 0.15) is 38.9 Å². The van der Waals surface area contributed by atoms with Gasteiger partial charge in [0.25, 0.3) is 5.91 Å². The van der Waals surface area contributed by atoms with Crippen LogP contribution in [-0.2, 0) is 6.42 Å². The van der Waals surface area contributed by atoms with E-state index in [4.69, 9.17) is 0 Å². The number of H-pyrrole nitrogens is 1. The molecule has 1 fully saturated rings. The van der Waals surface area contributed by atoms with Crippen molar-refractivity contribution in [1.29, 1.82) is 0 Å². The standard InChI is InChI=1S/C15H20N4OS/c1-10-14(21-11(2)17-10)15(20)19-7-3-4-12(9-19)8-13-5-6-16-18-13/h5-6,12H,3-4,7-9H2,1-2H3,(H,16,18)/t12-/m1/s1. The van der Waals surface area contributed by atoms with Gasteiger partial charge in [0.2, 0.25) is 0 Å². The van der Waals surface area contributed by atoms with Gasteiger partial charge < -0.3 is 4.90 Å². The summed E-state index contributed by atoms with van der Waals surface area (Å²) in [6.45, 7) is 5.55. The third-order valence-electron chi connectivity index (χ3n) is 3.97. The van der Waals surface area contributed by atoms with Gasteiger partial charge in [0, 0.05) is 25.0 Å². The first kappa shape index (κ1) is 14.3. The van der Waals surface area contributed by atoms with Gasteiger partial charge in [-0.05, 0) is 45.1 Å². The van der Waals surface area contributed by atoms with E-state index in [0.717, 1.165) is 47.2 Å². The maximum absolute atomic E-state index is 12.7. The normalized spacial score (nSPS) is 19.0. The van der Waals surface area contributed by atoms with Gasteiger partial charge in [-0.1, -0.05) is 0 Å². The van der Waals surface area contributed by atoms with E-state index in [2.05, 4.69) is 15.2 Å². The second kappa shape index (κ2) is 5.97. The molecular weight excluding hydrogens is 284 g/mol. The minimum atomic E-state index is 0.146. The SMILES string of the molecule is Cc1nc(C)c(C(=O)N2CCC[C@H](Cc3ccn[nH]3)C2)s1. The minimum absolute atomic E-state index is 0.146. The van der Waals surface area contributed by atoms with Crippen LogP contribution >= 0.6 is 11.3 Å². The van der Waals surface area contributed by atoms with Crippen LogP contribution in [-0.4, -0.2) is 39.1 Å². The van der Waals surface area contributed by atoms with Gasteiger partial charge in [-0.25, -0.2) is 4.98 Å². The van der Waals surface area contributed by atoms with Crippen LogP contribution < -0.4 is 0 Å². The van der Waals surface area contributed by atoms with Crippen molar-refractivity contribution in [3.63, 3.8) is 0 Å². The largest absolute Gasteiger partial charge is 0.338 e. The van der Waals surface area contributed by atoms with Crippen molar-refractivity contribution in [2.75, 3.05) is 13.1 Å². The number of carbonyl (C=O) groups excluding carboxylic acids is 1. The van der Waals surface area contributed by atoms with Crippen LogP contribution in [0.4, 0.5) is 0 Å². The first-order valence-electron chi connectivity index (χ1n) is 7.35. The Morgan fingerprint density at radius 2 is 2.38 bits per heavy atom. The fraction of sp³-hybridized carbons (Fsp3) is 0.533. The summed E-state index contributed by atoms with van der Waals surface area (Å²) < 4.78 is 0. The average molecular weight is 304 g/mol. The lowest BCUT2D eigenvalue weighted by molar-refractivity contribution is 0.0676. The zero-order chi connectivity index (χ0) is 14.8. The zero-order valence-corrected chi connectivity index (χ0v) is 13.2. The first-order valence-corrected chi connectivity index (χ1v) is 8.16. The molecule has 3 rings (SSSR count). The van der Waals surface area contributed by atoms with Crippen LogP contribution in [0.25, 0.3) is 0 Å². The molecule has 1 aliphatic heterocycles. The number of amides is 1. The summed E-state index contributed by atoms with van der Waals surface area (Å²) in [6.07, 6.45) is 4.99. The number of nitrogens with zero attached hydrogens (tertiary/aromatic N) is 3. The molecule has 0 bridgehead atoms. The summed E-state index contributed by atoms with van der Waals surface area (Å²) in [5.74, 6) is 0.657. The van der Waals surface area contributed by atoms with Crippen LogP contribution in [0.3, 0.4) is 0 Å². The molecule has 3 heterocycles. The molecule has 6 heteroatoms. The number of aromatic nitrogens is 3. The van der Waals surface area contributed by atoms with Gasteiger partial charge in [0.05, 0.1) is 10.7 Å². The minimum Gasteiger partial charge on any atom is -0.338 e. The van der Waals surface area contributed by atoms with Crippen molar-refractivity contribution in [3.05, 3.63) is 33.5 Å². The van der Waals surface area contributed by atoms with E-state index in [1.54, 1.807) is 6.20 Å². The molecule has 5 nitrogen and oxygen atoms in total. The van der Waals surface area contributed by atoms with Crippen molar-refractivity contribution in [2.45, 2.75) is 33.1 Å². The highest BCUT2D eigenvalue weighted by molar-refractivity contribution is 7.13. The van der Waals surface area contributed by atoms with Crippen LogP contribution in [0.15, 0.2) is 12.3 Å². The molecule has 21 heavy (non-hydrogen) atoms. The predicted molar refractivity (Wildman–Crippen MR) is 82.5 cm³/mol. The molecule has 0 aromatic carbocycles. The highest BCUT2D eigenvalue weighted by Gasteiger charge is 2.27. The van der Waals surface area contributed by atoms with Gasteiger partial charge in [-0.2, -0.15) is 5.10 Å². The summed E-state index contributed by atoms with van der Waals surface area (Å²) in [7, 11) is 0. The third-order valence-corrected chi connectivity index (χ3v) is 5.03. The molecule has 1 amide bonds. The number of carbonyl (C=O) groups is 1. The monoisotopic (exact) mass is 304 g/mol. The summed E-state index contributed by atoms with van der Waals surface area (Å²) in [4.78, 5) is 19.8. The Kier molecular flexibility index (Phi) is 4.05. The summed E-state index contributed by atoms with van der Waals surface area (Å²) in [5, 5.41) is 7.96. The fourth-order valence-corrected chi connectivity index (χ4v) is 3.89. The molecule has 1 atom stereocenters. The molecule has 2 aromatic heterocycles. The lowest BCUT2D eigenvalue weighted by Gasteiger charge is -2.32. The maximum Gasteiger partial charge on any atom is 0.265 e. The van der Waals surface area contributed by atoms with E-state index in [-0.39, 0.29) is 5.91 Å². The Labute approximate surface area is 128 Å². The zero-order valence-electron chi connectivity index (χ0n) is 12.4. The molecule has 2 aromatic rings. The lowest BCUT2D eigenvalue weighted by atomic mass is 9.93. The maximum atomic E-state index is 12.7. The molecule has 112 valence electrons. The van der Waals surface area contributed by atoms with Crippen molar-refractivity contribution < 1.29 is 4.79 Å². The topological polar surface area (TPSA) is 61.9 Å². The van der Waals surface area contributed by atoms with Crippen molar-refractivity contribution in [3.8, 4) is 0 Å². The van der Waals surface area contributed by atoms with Gasteiger partial charge in [-0.3, -0.25) is 9.89 Å². The Bertz CT molecular complexity index is 620. The number of hydrogen-bond acceptors (Lipinski definition) is 4. The fourth-order valence-electron chi connectivity index (χ4n) is 3.00. The average Bonchev–Trinajstić information content (AvgIpc) is 3.08. The van der Waals surface area contributed by atoms with E-state index in [9.17, 15) is 4.79 Å². The molecule has 0 saturated carbocycles.